The van der Waals surface area contributed by atoms with Crippen molar-refractivity contribution in [2.75, 3.05) is 19.7 Å². The number of nitrogens with one attached hydrogen (secondary N) is 2. The topological polar surface area (TPSA) is 87.3 Å². The molecule has 33 heavy (non-hydrogen) atoms. The lowest BCUT2D eigenvalue weighted by atomic mass is 9.98. The molecule has 2 amide bonds. The minimum Gasteiger partial charge on any atom is -0.492 e. The molecule has 0 aliphatic carbocycles. The molecule has 4 rings (SSSR count). The number of hydrogen-bond acceptors (Lipinski definition) is 4. The van der Waals surface area contributed by atoms with E-state index in [9.17, 15) is 9.59 Å². The molecule has 0 bridgehead atoms. The predicted molar refractivity (Wildman–Crippen MR) is 128 cm³/mol. The van der Waals surface area contributed by atoms with Gasteiger partial charge in [0.2, 0.25) is 5.91 Å². The van der Waals surface area contributed by atoms with Crippen molar-refractivity contribution in [1.29, 1.82) is 0 Å². The summed E-state index contributed by atoms with van der Waals surface area (Å²) in [4.78, 5) is 35.1. The number of aromatic amines is 1. The van der Waals surface area contributed by atoms with Crippen LogP contribution in [0.4, 0.5) is 0 Å². The maximum absolute atomic E-state index is 12.8. The number of nitrogens with zero attached hydrogens (tertiary/aromatic N) is 2. The summed E-state index contributed by atoms with van der Waals surface area (Å²) in [6.07, 6.45) is 3.00. The fraction of sp³-hybridized carbons (Fsp3) is 0.423. The Balaban J connectivity index is 1.29. The van der Waals surface area contributed by atoms with E-state index in [1.807, 2.05) is 61.2 Å². The lowest BCUT2D eigenvalue weighted by Crippen LogP contribution is -2.41. The second kappa shape index (κ2) is 10.5. The molecule has 1 fully saturated rings. The fourth-order valence-corrected chi connectivity index (χ4v) is 4.26. The standard InChI is InChI=1S/C26H32N4O3/c1-18(2)27-26(32)20-9-3-6-12-23(20)33-17-19-8-7-15-30(16-19)25(31)14-13-24-28-21-10-4-5-11-22(21)29-24/h3-6,9-12,18-19H,7-8,13-17H2,1-2H3,(H,27,32)(H,28,29). The Morgan fingerprint density at radius 3 is 2.79 bits per heavy atom. The van der Waals surface area contributed by atoms with Crippen LogP contribution in [0.1, 0.15) is 49.3 Å². The van der Waals surface area contributed by atoms with Crippen molar-refractivity contribution >= 4 is 22.8 Å². The summed E-state index contributed by atoms with van der Waals surface area (Å²) in [5.41, 5.74) is 2.47. The summed E-state index contributed by atoms with van der Waals surface area (Å²) in [5.74, 6) is 1.69. The number of benzene rings is 2. The first-order valence-electron chi connectivity index (χ1n) is 11.7. The number of carbonyl (C=O) groups is 2. The smallest absolute Gasteiger partial charge is 0.255 e. The van der Waals surface area contributed by atoms with Crippen molar-refractivity contribution in [3.8, 4) is 5.75 Å². The highest BCUT2D eigenvalue weighted by atomic mass is 16.5. The number of aryl methyl sites for hydroxylation is 1. The quantitative estimate of drug-likeness (QED) is 0.546. The minimum absolute atomic E-state index is 0.0584. The number of likely N-dealkylation sites (tertiary alicyclic amines) is 1. The molecule has 1 aromatic heterocycles. The summed E-state index contributed by atoms with van der Waals surface area (Å²) in [6, 6.07) is 15.3. The van der Waals surface area contributed by atoms with Crippen LogP contribution in [0.2, 0.25) is 0 Å². The van der Waals surface area contributed by atoms with Gasteiger partial charge in [0.15, 0.2) is 0 Å². The summed E-state index contributed by atoms with van der Waals surface area (Å²) in [5, 5.41) is 2.92. The van der Waals surface area contributed by atoms with Gasteiger partial charge in [-0.3, -0.25) is 9.59 Å². The molecule has 2 aromatic carbocycles. The molecule has 0 radical (unpaired) electrons. The molecule has 2 heterocycles. The van der Waals surface area contributed by atoms with Gasteiger partial charge in [-0.25, -0.2) is 4.98 Å². The number of fused-ring (bicyclic) bond motifs is 1. The highest BCUT2D eigenvalue weighted by molar-refractivity contribution is 5.97. The van der Waals surface area contributed by atoms with E-state index in [1.54, 1.807) is 6.07 Å². The molecule has 7 heteroatoms. The van der Waals surface area contributed by atoms with Crippen molar-refractivity contribution in [2.24, 2.45) is 5.92 Å². The van der Waals surface area contributed by atoms with Crippen LogP contribution < -0.4 is 10.1 Å². The van der Waals surface area contributed by atoms with Gasteiger partial charge in [0, 0.05) is 37.9 Å². The van der Waals surface area contributed by atoms with Crippen LogP contribution in [0.15, 0.2) is 48.5 Å². The lowest BCUT2D eigenvalue weighted by Gasteiger charge is -2.33. The van der Waals surface area contributed by atoms with Crippen LogP contribution in [0, 0.1) is 5.92 Å². The van der Waals surface area contributed by atoms with Crippen LogP contribution in [-0.2, 0) is 11.2 Å². The average molecular weight is 449 g/mol. The third kappa shape index (κ3) is 5.92. The van der Waals surface area contributed by atoms with Crippen molar-refractivity contribution in [1.82, 2.24) is 20.2 Å². The number of rotatable bonds is 8. The van der Waals surface area contributed by atoms with E-state index in [1.165, 1.54) is 0 Å². The van der Waals surface area contributed by atoms with Gasteiger partial charge in [0.1, 0.15) is 11.6 Å². The van der Waals surface area contributed by atoms with Gasteiger partial charge in [-0.1, -0.05) is 24.3 Å². The van der Waals surface area contributed by atoms with E-state index in [0.717, 1.165) is 36.2 Å². The van der Waals surface area contributed by atoms with Gasteiger partial charge in [-0.15, -0.1) is 0 Å². The molecule has 1 saturated heterocycles. The molecule has 1 aliphatic rings. The summed E-state index contributed by atoms with van der Waals surface area (Å²) in [7, 11) is 0. The molecule has 1 atom stereocenters. The fourth-order valence-electron chi connectivity index (χ4n) is 4.26. The zero-order chi connectivity index (χ0) is 23.2. The number of ether oxygens (including phenoxy) is 1. The van der Waals surface area contributed by atoms with E-state index in [0.29, 0.717) is 37.3 Å². The molecule has 0 saturated carbocycles. The van der Waals surface area contributed by atoms with Crippen LogP contribution in [0.3, 0.4) is 0 Å². The number of H-pyrrole nitrogens is 1. The summed E-state index contributed by atoms with van der Waals surface area (Å²) in [6.45, 7) is 5.81. The third-order valence-corrected chi connectivity index (χ3v) is 5.91. The van der Waals surface area contributed by atoms with Gasteiger partial charge in [-0.05, 0) is 51.0 Å². The molecular weight excluding hydrogens is 416 g/mol. The van der Waals surface area contributed by atoms with E-state index < -0.39 is 0 Å². The maximum atomic E-state index is 12.8. The molecule has 174 valence electrons. The Bertz CT molecular complexity index is 1070. The Labute approximate surface area is 194 Å². The number of aromatic nitrogens is 2. The zero-order valence-corrected chi connectivity index (χ0v) is 19.3. The highest BCUT2D eigenvalue weighted by Gasteiger charge is 2.25. The van der Waals surface area contributed by atoms with E-state index in [2.05, 4.69) is 15.3 Å². The van der Waals surface area contributed by atoms with E-state index in [-0.39, 0.29) is 23.8 Å². The maximum Gasteiger partial charge on any atom is 0.255 e. The van der Waals surface area contributed by atoms with Crippen molar-refractivity contribution < 1.29 is 14.3 Å². The first kappa shape index (κ1) is 22.8. The Morgan fingerprint density at radius 2 is 1.97 bits per heavy atom. The second-order valence-corrected chi connectivity index (χ2v) is 8.98. The summed E-state index contributed by atoms with van der Waals surface area (Å²) >= 11 is 0. The molecule has 2 N–H and O–H groups in total. The molecule has 1 unspecified atom stereocenters. The molecular formula is C26H32N4O3. The number of hydrogen-bond donors (Lipinski definition) is 2. The van der Waals surface area contributed by atoms with Crippen molar-refractivity contribution in [3.63, 3.8) is 0 Å². The number of imidazole rings is 1. The van der Waals surface area contributed by atoms with E-state index in [4.69, 9.17) is 4.74 Å². The number of amides is 2. The van der Waals surface area contributed by atoms with Gasteiger partial charge in [0.05, 0.1) is 23.2 Å². The highest BCUT2D eigenvalue weighted by Crippen LogP contribution is 2.23. The second-order valence-electron chi connectivity index (χ2n) is 8.98. The first-order valence-corrected chi connectivity index (χ1v) is 11.7. The largest absolute Gasteiger partial charge is 0.492 e. The summed E-state index contributed by atoms with van der Waals surface area (Å²) < 4.78 is 6.06. The van der Waals surface area contributed by atoms with Crippen molar-refractivity contribution in [3.05, 3.63) is 59.9 Å². The van der Waals surface area contributed by atoms with E-state index >= 15 is 0 Å². The van der Waals surface area contributed by atoms with Gasteiger partial charge in [0.25, 0.3) is 5.91 Å². The zero-order valence-electron chi connectivity index (χ0n) is 19.3. The predicted octanol–water partition coefficient (Wildman–Crippen LogP) is 3.95. The molecule has 1 aliphatic heterocycles. The SMILES string of the molecule is CC(C)NC(=O)c1ccccc1OCC1CCCN(C(=O)CCc2nc3ccccc3[nH]2)C1. The third-order valence-electron chi connectivity index (χ3n) is 5.91. The monoisotopic (exact) mass is 448 g/mol. The first-order chi connectivity index (χ1) is 16.0. The average Bonchev–Trinajstić information content (AvgIpc) is 3.24. The lowest BCUT2D eigenvalue weighted by molar-refractivity contribution is -0.133. The molecule has 7 nitrogen and oxygen atoms in total. The number of carbonyl (C=O) groups excluding carboxylic acids is 2. The molecule has 3 aromatic rings. The van der Waals surface area contributed by atoms with Gasteiger partial charge in [-0.2, -0.15) is 0 Å². The minimum atomic E-state index is -0.133. The molecule has 0 spiro atoms. The van der Waals surface area contributed by atoms with Gasteiger partial charge >= 0.3 is 0 Å². The van der Waals surface area contributed by atoms with Crippen LogP contribution in [0.5, 0.6) is 5.75 Å². The Hall–Kier alpha value is -3.35. The van der Waals surface area contributed by atoms with Crippen LogP contribution >= 0.6 is 0 Å². The van der Waals surface area contributed by atoms with Gasteiger partial charge < -0.3 is 19.9 Å². The van der Waals surface area contributed by atoms with Crippen LogP contribution in [0.25, 0.3) is 11.0 Å². The van der Waals surface area contributed by atoms with Crippen LogP contribution in [-0.4, -0.2) is 52.4 Å². The number of para-hydroxylation sites is 3. The normalized spacial score (nSPS) is 16.2. The van der Waals surface area contributed by atoms with Crippen molar-refractivity contribution in [2.45, 2.75) is 45.6 Å². The Morgan fingerprint density at radius 1 is 1.18 bits per heavy atom. The Kier molecular flexibility index (Phi) is 7.27. The number of piperidine rings is 1.